The molecule has 3 aromatic rings. The predicted octanol–water partition coefficient (Wildman–Crippen LogP) is 4.06. The number of carbonyl (C=O) groups is 1. The van der Waals surface area contributed by atoms with E-state index in [2.05, 4.69) is 50.8 Å². The average Bonchev–Trinajstić information content (AvgIpc) is 2.84. The van der Waals surface area contributed by atoms with Crippen LogP contribution in [0.25, 0.3) is 21.8 Å². The Bertz CT molecular complexity index is 839. The second-order valence-electron chi connectivity index (χ2n) is 4.76. The van der Waals surface area contributed by atoms with E-state index in [1.54, 1.807) is 13.1 Å². The predicted molar refractivity (Wildman–Crippen MR) is 91.7 cm³/mol. The molecule has 108 valence electrons. The molecule has 1 aromatic carbocycles. The van der Waals surface area contributed by atoms with Gasteiger partial charge in [0, 0.05) is 19.9 Å². The number of carbonyl (C=O) groups excluding carboxylic acids is 1. The van der Waals surface area contributed by atoms with Crippen LogP contribution < -0.4 is 0 Å². The fourth-order valence-electron chi connectivity index (χ4n) is 2.65. The van der Waals surface area contributed by atoms with Crippen LogP contribution >= 0.6 is 22.6 Å². The van der Waals surface area contributed by atoms with Crippen molar-refractivity contribution in [1.29, 1.82) is 0 Å². The summed E-state index contributed by atoms with van der Waals surface area (Å²) in [5.41, 5.74) is 3.38. The lowest BCUT2D eigenvalue weighted by Crippen LogP contribution is -2.10. The van der Waals surface area contributed by atoms with Crippen LogP contribution in [0.5, 0.6) is 0 Å². The molecule has 0 bridgehead atoms. The highest BCUT2D eigenvalue weighted by Gasteiger charge is 2.18. The van der Waals surface area contributed by atoms with Crippen molar-refractivity contribution in [2.45, 2.75) is 20.3 Å². The van der Waals surface area contributed by atoms with E-state index in [1.807, 2.05) is 6.92 Å². The summed E-state index contributed by atoms with van der Waals surface area (Å²) in [5.74, 6) is -0.351. The number of aryl methyl sites for hydroxylation is 1. The van der Waals surface area contributed by atoms with Crippen molar-refractivity contribution in [3.63, 3.8) is 0 Å². The molecule has 0 aliphatic rings. The number of aromatic nitrogens is 2. The van der Waals surface area contributed by atoms with Crippen molar-refractivity contribution in [3.05, 3.63) is 39.2 Å². The lowest BCUT2D eigenvalue weighted by atomic mass is 10.0. The first kappa shape index (κ1) is 14.3. The van der Waals surface area contributed by atoms with Crippen LogP contribution in [0.2, 0.25) is 0 Å². The number of nitrogens with zero attached hydrogens (tertiary/aromatic N) is 1. The minimum atomic E-state index is -0.351. The van der Waals surface area contributed by atoms with Crippen molar-refractivity contribution in [3.8, 4) is 0 Å². The number of rotatable bonds is 3. The fraction of sp³-hybridized carbons (Fsp3) is 0.250. The van der Waals surface area contributed by atoms with Gasteiger partial charge >= 0.3 is 5.97 Å². The van der Waals surface area contributed by atoms with Gasteiger partial charge in [-0.25, -0.2) is 9.78 Å². The zero-order chi connectivity index (χ0) is 15.0. The van der Waals surface area contributed by atoms with Gasteiger partial charge in [0.05, 0.1) is 18.3 Å². The van der Waals surface area contributed by atoms with Crippen molar-refractivity contribution >= 4 is 50.4 Å². The van der Waals surface area contributed by atoms with E-state index in [9.17, 15) is 4.79 Å². The summed E-state index contributed by atoms with van der Waals surface area (Å²) in [6.45, 7) is 4.19. The third-order valence-electron chi connectivity index (χ3n) is 3.52. The highest BCUT2D eigenvalue weighted by Crippen LogP contribution is 2.31. The molecule has 0 atom stereocenters. The number of ether oxygens (including phenoxy) is 1. The number of hydrogen-bond donors (Lipinski definition) is 1. The van der Waals surface area contributed by atoms with E-state index in [0.717, 1.165) is 37.4 Å². The molecule has 0 spiro atoms. The van der Waals surface area contributed by atoms with Gasteiger partial charge in [-0.15, -0.1) is 0 Å². The first-order chi connectivity index (χ1) is 10.2. The summed E-state index contributed by atoms with van der Waals surface area (Å²) in [4.78, 5) is 19.8. The molecule has 0 radical (unpaired) electrons. The number of pyridine rings is 1. The van der Waals surface area contributed by atoms with Crippen LogP contribution in [0.15, 0.2) is 24.4 Å². The van der Waals surface area contributed by atoms with Crippen molar-refractivity contribution in [2.24, 2.45) is 0 Å². The van der Waals surface area contributed by atoms with Gasteiger partial charge in [0.2, 0.25) is 0 Å². The number of benzene rings is 1. The van der Waals surface area contributed by atoms with Gasteiger partial charge in [-0.2, -0.15) is 0 Å². The number of aromatic amines is 1. The van der Waals surface area contributed by atoms with Crippen LogP contribution in [0.1, 0.15) is 29.9 Å². The molecule has 2 aromatic heterocycles. The molecule has 2 heterocycles. The Balaban J connectivity index is 2.35. The maximum absolute atomic E-state index is 12.1. The van der Waals surface area contributed by atoms with Gasteiger partial charge < -0.3 is 9.72 Å². The lowest BCUT2D eigenvalue weighted by Gasteiger charge is -2.08. The molecular weight excluding hydrogens is 379 g/mol. The Labute approximate surface area is 136 Å². The summed E-state index contributed by atoms with van der Waals surface area (Å²) in [6, 6.07) is 6.24. The maximum Gasteiger partial charge on any atom is 0.357 e. The largest absolute Gasteiger partial charge is 0.461 e. The molecule has 0 aliphatic heterocycles. The molecule has 0 unspecified atom stereocenters. The van der Waals surface area contributed by atoms with Crippen molar-refractivity contribution in [1.82, 2.24) is 9.97 Å². The van der Waals surface area contributed by atoms with Crippen LogP contribution in [-0.2, 0) is 11.2 Å². The zero-order valence-corrected chi connectivity index (χ0v) is 14.0. The molecule has 0 aliphatic carbocycles. The Morgan fingerprint density at radius 3 is 2.86 bits per heavy atom. The quantitative estimate of drug-likeness (QED) is 0.539. The smallest absolute Gasteiger partial charge is 0.357 e. The summed E-state index contributed by atoms with van der Waals surface area (Å²) < 4.78 is 6.28. The van der Waals surface area contributed by atoms with E-state index in [4.69, 9.17) is 4.74 Å². The highest BCUT2D eigenvalue weighted by atomic mass is 127. The van der Waals surface area contributed by atoms with Crippen LogP contribution in [-0.4, -0.2) is 22.5 Å². The Hall–Kier alpha value is -1.63. The number of H-pyrrole nitrogens is 1. The molecule has 1 N–H and O–H groups in total. The Morgan fingerprint density at radius 1 is 1.33 bits per heavy atom. The van der Waals surface area contributed by atoms with Crippen LogP contribution in [0.3, 0.4) is 0 Å². The van der Waals surface area contributed by atoms with Crippen molar-refractivity contribution < 1.29 is 9.53 Å². The summed E-state index contributed by atoms with van der Waals surface area (Å²) in [7, 11) is 0. The maximum atomic E-state index is 12.1. The summed E-state index contributed by atoms with van der Waals surface area (Å²) in [5, 5.41) is 2.20. The molecule has 0 saturated heterocycles. The SMILES string of the molecule is CCOC(=O)c1ncc2[nH]c3ccc(I)cc3c2c1CC. The highest BCUT2D eigenvalue weighted by molar-refractivity contribution is 14.1. The van der Waals surface area contributed by atoms with E-state index in [1.165, 1.54) is 0 Å². The average molecular weight is 394 g/mol. The first-order valence-electron chi connectivity index (χ1n) is 6.91. The third kappa shape index (κ3) is 2.39. The minimum Gasteiger partial charge on any atom is -0.461 e. The first-order valence-corrected chi connectivity index (χ1v) is 7.99. The molecule has 21 heavy (non-hydrogen) atoms. The molecule has 5 heteroatoms. The summed E-state index contributed by atoms with van der Waals surface area (Å²) in [6.07, 6.45) is 2.45. The van der Waals surface area contributed by atoms with Gasteiger partial charge in [0.25, 0.3) is 0 Å². The van der Waals surface area contributed by atoms with Gasteiger partial charge in [-0.05, 0) is 59.7 Å². The third-order valence-corrected chi connectivity index (χ3v) is 4.19. The van der Waals surface area contributed by atoms with E-state index < -0.39 is 0 Å². The molecular formula is C16H15IN2O2. The van der Waals surface area contributed by atoms with Gasteiger partial charge in [-0.3, -0.25) is 0 Å². The Kier molecular flexibility index (Phi) is 3.84. The number of hydrogen-bond acceptors (Lipinski definition) is 3. The lowest BCUT2D eigenvalue weighted by molar-refractivity contribution is 0.0518. The molecule has 4 nitrogen and oxygen atoms in total. The van der Waals surface area contributed by atoms with E-state index in [-0.39, 0.29) is 5.97 Å². The van der Waals surface area contributed by atoms with Crippen LogP contribution in [0, 0.1) is 3.57 Å². The standard InChI is InChI=1S/C16H15IN2O2/c1-3-10-14-11-7-9(17)5-6-12(11)19-13(14)8-18-15(10)16(20)21-4-2/h5-8,19H,3-4H2,1-2H3. The van der Waals surface area contributed by atoms with Crippen LogP contribution in [0.4, 0.5) is 0 Å². The van der Waals surface area contributed by atoms with Gasteiger partial charge in [0.15, 0.2) is 5.69 Å². The van der Waals surface area contributed by atoms with Gasteiger partial charge in [0.1, 0.15) is 0 Å². The van der Waals surface area contributed by atoms with Crippen molar-refractivity contribution in [2.75, 3.05) is 6.61 Å². The molecule has 0 amide bonds. The number of nitrogens with one attached hydrogen (secondary N) is 1. The monoisotopic (exact) mass is 394 g/mol. The van der Waals surface area contributed by atoms with E-state index >= 15 is 0 Å². The second-order valence-corrected chi connectivity index (χ2v) is 6.01. The molecule has 0 fully saturated rings. The second kappa shape index (κ2) is 5.63. The topological polar surface area (TPSA) is 55.0 Å². The number of halogens is 1. The minimum absolute atomic E-state index is 0.351. The zero-order valence-electron chi connectivity index (χ0n) is 11.9. The number of fused-ring (bicyclic) bond motifs is 3. The molecule has 3 rings (SSSR count). The molecule has 0 saturated carbocycles. The van der Waals surface area contributed by atoms with Gasteiger partial charge in [-0.1, -0.05) is 6.92 Å². The number of esters is 1. The normalized spacial score (nSPS) is 11.2. The Morgan fingerprint density at radius 2 is 2.14 bits per heavy atom. The fourth-order valence-corrected chi connectivity index (χ4v) is 3.14. The summed E-state index contributed by atoms with van der Waals surface area (Å²) >= 11 is 2.30. The van der Waals surface area contributed by atoms with E-state index in [0.29, 0.717) is 12.3 Å².